The minimum atomic E-state index is -0.446. The van der Waals surface area contributed by atoms with Crippen molar-refractivity contribution in [3.05, 3.63) is 67.0 Å². The van der Waals surface area contributed by atoms with Crippen LogP contribution in [-0.4, -0.2) is 9.97 Å². The summed E-state index contributed by atoms with van der Waals surface area (Å²) in [7, 11) is 0. The van der Waals surface area contributed by atoms with Gasteiger partial charge in [-0.05, 0) is 25.3 Å². The monoisotopic (exact) mass is 272 g/mol. The first-order valence-electron chi connectivity index (χ1n) is 6.79. The minimum absolute atomic E-state index is 0.0662. The molecule has 0 saturated carbocycles. The zero-order valence-corrected chi connectivity index (χ0v) is 12.3. The van der Waals surface area contributed by atoms with Crippen molar-refractivity contribution in [2.24, 2.45) is 0 Å². The molecule has 1 aromatic heterocycles. The first-order chi connectivity index (χ1) is 9.36. The van der Waals surface area contributed by atoms with Crippen LogP contribution in [0, 0.1) is 13.8 Å². The van der Waals surface area contributed by atoms with E-state index in [0.717, 1.165) is 5.56 Å². The Hall–Kier alpha value is -2.10. The van der Waals surface area contributed by atoms with E-state index < -0.39 is 5.69 Å². The molecule has 20 heavy (non-hydrogen) atoms. The number of aromatic nitrogens is 2. The van der Waals surface area contributed by atoms with Gasteiger partial charge < -0.3 is 4.98 Å². The van der Waals surface area contributed by atoms with Crippen LogP contribution in [0.1, 0.15) is 47.7 Å². The molecule has 0 unspecified atom stereocenters. The van der Waals surface area contributed by atoms with E-state index in [1.54, 1.807) is 0 Å². The Morgan fingerprint density at radius 1 is 1.00 bits per heavy atom. The van der Waals surface area contributed by atoms with E-state index in [2.05, 4.69) is 28.2 Å². The summed E-state index contributed by atoms with van der Waals surface area (Å²) >= 11 is 0. The van der Waals surface area contributed by atoms with Crippen LogP contribution in [0.3, 0.4) is 0 Å². The molecule has 1 aromatic carbocycles. The largest absolute Gasteiger partial charge is 0.325 e. The summed E-state index contributed by atoms with van der Waals surface area (Å²) < 4.78 is 0. The van der Waals surface area contributed by atoms with Crippen LogP contribution in [0.5, 0.6) is 0 Å². The molecule has 0 spiro atoms. The summed E-state index contributed by atoms with van der Waals surface area (Å²) in [6, 6.07) is 6.26. The first-order valence-corrected chi connectivity index (χ1v) is 6.79. The minimum Gasteiger partial charge on any atom is -0.311 e. The van der Waals surface area contributed by atoms with Crippen LogP contribution in [0.4, 0.5) is 0 Å². The van der Waals surface area contributed by atoms with Crippen molar-refractivity contribution in [2.75, 3.05) is 0 Å². The van der Waals surface area contributed by atoms with Crippen molar-refractivity contribution in [1.82, 2.24) is 9.97 Å². The molecule has 106 valence electrons. The Bertz CT molecular complexity index is 719. The Kier molecular flexibility index (Phi) is 3.93. The second kappa shape index (κ2) is 5.49. The Balaban J connectivity index is 2.52. The predicted octanol–water partition coefficient (Wildman–Crippen LogP) is 2.39. The highest BCUT2D eigenvalue weighted by atomic mass is 16.2. The molecule has 0 saturated heterocycles. The summed E-state index contributed by atoms with van der Waals surface area (Å²) in [5.74, 6) is 0.0662. The second-order valence-corrected chi connectivity index (χ2v) is 5.63. The lowest BCUT2D eigenvalue weighted by atomic mass is 9.97. The molecule has 0 atom stereocenters. The summed E-state index contributed by atoms with van der Waals surface area (Å²) in [4.78, 5) is 28.5. The fraction of sp³-hybridized carbons (Fsp3) is 0.375. The molecular weight excluding hydrogens is 252 g/mol. The first kappa shape index (κ1) is 14.3. The number of hydrogen-bond acceptors (Lipinski definition) is 2. The Morgan fingerprint density at radius 2 is 1.60 bits per heavy atom. The number of nitrogens with one attached hydrogen (secondary N) is 2. The fourth-order valence-electron chi connectivity index (χ4n) is 2.67. The maximum atomic E-state index is 12.0. The van der Waals surface area contributed by atoms with Gasteiger partial charge >= 0.3 is 5.69 Å². The SMILES string of the molecule is Cc1cc(C)cc(Cc2[nH]c(=O)[nH]c(=O)c2C(C)C)c1. The number of aromatic amines is 2. The molecule has 0 bridgehead atoms. The van der Waals surface area contributed by atoms with Crippen LogP contribution >= 0.6 is 0 Å². The van der Waals surface area contributed by atoms with Crippen LogP contribution in [-0.2, 0) is 6.42 Å². The third-order valence-corrected chi connectivity index (χ3v) is 3.30. The molecule has 0 amide bonds. The van der Waals surface area contributed by atoms with Gasteiger partial charge in [-0.1, -0.05) is 43.2 Å². The van der Waals surface area contributed by atoms with Crippen LogP contribution in [0.25, 0.3) is 0 Å². The third-order valence-electron chi connectivity index (χ3n) is 3.30. The lowest BCUT2D eigenvalue weighted by molar-refractivity contribution is 0.788. The van der Waals surface area contributed by atoms with E-state index in [1.807, 2.05) is 27.7 Å². The molecule has 2 N–H and O–H groups in total. The van der Waals surface area contributed by atoms with Crippen molar-refractivity contribution in [3.63, 3.8) is 0 Å². The highest BCUT2D eigenvalue weighted by Gasteiger charge is 2.13. The van der Waals surface area contributed by atoms with Gasteiger partial charge in [0.2, 0.25) is 0 Å². The van der Waals surface area contributed by atoms with Crippen molar-refractivity contribution in [1.29, 1.82) is 0 Å². The quantitative estimate of drug-likeness (QED) is 0.901. The molecule has 2 rings (SSSR count). The van der Waals surface area contributed by atoms with Crippen molar-refractivity contribution in [3.8, 4) is 0 Å². The smallest absolute Gasteiger partial charge is 0.311 e. The van der Waals surface area contributed by atoms with E-state index in [9.17, 15) is 9.59 Å². The number of H-pyrrole nitrogens is 2. The van der Waals surface area contributed by atoms with Gasteiger partial charge in [0, 0.05) is 17.7 Å². The highest BCUT2D eigenvalue weighted by molar-refractivity contribution is 5.33. The maximum Gasteiger partial charge on any atom is 0.325 e. The van der Waals surface area contributed by atoms with Gasteiger partial charge in [-0.2, -0.15) is 0 Å². The van der Waals surface area contributed by atoms with Gasteiger partial charge in [-0.3, -0.25) is 9.78 Å². The lowest BCUT2D eigenvalue weighted by Crippen LogP contribution is -2.28. The number of benzene rings is 1. The fourth-order valence-corrected chi connectivity index (χ4v) is 2.67. The van der Waals surface area contributed by atoms with Crippen LogP contribution < -0.4 is 11.2 Å². The number of rotatable bonds is 3. The molecule has 2 aromatic rings. The third kappa shape index (κ3) is 3.07. The number of hydrogen-bond donors (Lipinski definition) is 2. The van der Waals surface area contributed by atoms with E-state index in [0.29, 0.717) is 17.7 Å². The van der Waals surface area contributed by atoms with Gasteiger partial charge in [-0.25, -0.2) is 4.79 Å². The standard InChI is InChI=1S/C16H20N2O2/c1-9(2)14-13(17-16(20)18-15(14)19)8-12-6-10(3)5-11(4)7-12/h5-7,9H,8H2,1-4H3,(H2,17,18,19,20). The van der Waals surface area contributed by atoms with Crippen molar-refractivity contribution < 1.29 is 0 Å². The zero-order chi connectivity index (χ0) is 14.9. The molecule has 0 radical (unpaired) electrons. The molecule has 0 aliphatic heterocycles. The van der Waals surface area contributed by atoms with Gasteiger partial charge in [-0.15, -0.1) is 0 Å². The molecule has 0 aliphatic rings. The summed E-state index contributed by atoms with van der Waals surface area (Å²) in [6.45, 7) is 7.99. The van der Waals surface area contributed by atoms with E-state index >= 15 is 0 Å². The molecule has 0 fully saturated rings. The lowest BCUT2D eigenvalue weighted by Gasteiger charge is -2.12. The predicted molar refractivity (Wildman–Crippen MR) is 80.5 cm³/mol. The normalized spacial score (nSPS) is 11.1. The zero-order valence-electron chi connectivity index (χ0n) is 12.3. The summed E-state index contributed by atoms with van der Waals surface area (Å²) in [5.41, 5.74) is 4.09. The van der Waals surface area contributed by atoms with E-state index in [1.165, 1.54) is 11.1 Å². The molecular formula is C16H20N2O2. The average Bonchev–Trinajstić information content (AvgIpc) is 2.25. The second-order valence-electron chi connectivity index (χ2n) is 5.63. The summed E-state index contributed by atoms with van der Waals surface area (Å²) in [6.07, 6.45) is 0.565. The number of aryl methyl sites for hydroxylation is 2. The van der Waals surface area contributed by atoms with Crippen molar-refractivity contribution >= 4 is 0 Å². The molecule has 4 heteroatoms. The van der Waals surface area contributed by atoms with Crippen LogP contribution in [0.2, 0.25) is 0 Å². The summed E-state index contributed by atoms with van der Waals surface area (Å²) in [5, 5.41) is 0. The van der Waals surface area contributed by atoms with Crippen LogP contribution in [0.15, 0.2) is 27.8 Å². The highest BCUT2D eigenvalue weighted by Crippen LogP contribution is 2.17. The molecule has 0 aliphatic carbocycles. The van der Waals surface area contributed by atoms with E-state index in [4.69, 9.17) is 0 Å². The van der Waals surface area contributed by atoms with Gasteiger partial charge in [0.25, 0.3) is 5.56 Å². The average molecular weight is 272 g/mol. The van der Waals surface area contributed by atoms with Gasteiger partial charge in [0.15, 0.2) is 0 Å². The van der Waals surface area contributed by atoms with E-state index in [-0.39, 0.29) is 11.5 Å². The topological polar surface area (TPSA) is 65.7 Å². The Morgan fingerprint density at radius 3 is 2.15 bits per heavy atom. The molecule has 1 heterocycles. The molecule has 4 nitrogen and oxygen atoms in total. The Labute approximate surface area is 117 Å². The maximum absolute atomic E-state index is 12.0. The van der Waals surface area contributed by atoms with Gasteiger partial charge in [0.1, 0.15) is 0 Å². The van der Waals surface area contributed by atoms with Gasteiger partial charge in [0.05, 0.1) is 0 Å². The van der Waals surface area contributed by atoms with Crippen molar-refractivity contribution in [2.45, 2.75) is 40.0 Å².